The lowest BCUT2D eigenvalue weighted by Crippen LogP contribution is -2.41. The summed E-state index contributed by atoms with van der Waals surface area (Å²) in [5.74, 6) is -2.55. The Morgan fingerprint density at radius 3 is 2.41 bits per heavy atom. The third-order valence-corrected chi connectivity index (χ3v) is 7.25. The van der Waals surface area contributed by atoms with Crippen molar-refractivity contribution >= 4 is 23.3 Å². The number of nitrogens with two attached hydrogens (primary N) is 2. The molecule has 1 aromatic carbocycles. The van der Waals surface area contributed by atoms with Crippen LogP contribution in [0.5, 0.6) is 0 Å². The van der Waals surface area contributed by atoms with Crippen molar-refractivity contribution in [1.82, 2.24) is 9.78 Å². The zero-order valence-electron chi connectivity index (χ0n) is 20.6. The Bertz CT molecular complexity index is 1250. The first-order chi connectivity index (χ1) is 17.2. The van der Waals surface area contributed by atoms with Crippen LogP contribution in [0.3, 0.4) is 0 Å². The van der Waals surface area contributed by atoms with Gasteiger partial charge in [-0.3, -0.25) is 14.4 Å². The second-order valence-electron chi connectivity index (χ2n) is 10.7. The fourth-order valence-corrected chi connectivity index (χ4v) is 5.40. The molecule has 0 saturated heterocycles. The molecule has 0 spiro atoms. The number of carboxylic acids is 1. The number of fused-ring (bicyclic) bond motifs is 1. The number of amides is 1. The lowest BCUT2D eigenvalue weighted by Gasteiger charge is -2.32. The molecule has 1 atom stereocenters. The molecule has 200 valence electrons. The first kappa shape index (κ1) is 26.6. The topological polar surface area (TPSA) is 153 Å². The van der Waals surface area contributed by atoms with E-state index in [-0.39, 0.29) is 41.7 Å². The van der Waals surface area contributed by atoms with Gasteiger partial charge in [-0.1, -0.05) is 13.8 Å². The molecule has 4 rings (SSSR count). The average Bonchev–Trinajstić information content (AvgIpc) is 3.18. The maximum Gasteiger partial charge on any atom is 0.435 e. The third kappa shape index (κ3) is 5.34. The molecule has 1 unspecified atom stereocenters. The third-order valence-electron chi connectivity index (χ3n) is 7.25. The van der Waals surface area contributed by atoms with E-state index in [0.29, 0.717) is 31.4 Å². The molecule has 2 aliphatic carbocycles. The predicted octanol–water partition coefficient (Wildman–Crippen LogP) is 3.53. The molecule has 2 aliphatic rings. The van der Waals surface area contributed by atoms with Crippen molar-refractivity contribution in [3.63, 3.8) is 0 Å². The summed E-state index contributed by atoms with van der Waals surface area (Å²) < 4.78 is 42.6. The minimum atomic E-state index is -4.81. The zero-order valence-corrected chi connectivity index (χ0v) is 20.6. The molecule has 0 bridgehead atoms. The highest BCUT2D eigenvalue weighted by Gasteiger charge is 2.45. The normalized spacial score (nSPS) is 22.3. The summed E-state index contributed by atoms with van der Waals surface area (Å²) in [6.07, 6.45) is -2.30. The van der Waals surface area contributed by atoms with E-state index in [1.807, 2.05) is 13.8 Å². The Kier molecular flexibility index (Phi) is 6.82. The Hall–Kier alpha value is -3.41. The number of alkyl halides is 3. The van der Waals surface area contributed by atoms with Crippen molar-refractivity contribution in [2.45, 2.75) is 70.6 Å². The van der Waals surface area contributed by atoms with E-state index in [1.54, 1.807) is 0 Å². The number of aromatic nitrogens is 2. The monoisotopic (exact) mass is 521 g/mol. The largest absolute Gasteiger partial charge is 0.480 e. The van der Waals surface area contributed by atoms with Crippen molar-refractivity contribution in [2.75, 3.05) is 5.32 Å². The van der Waals surface area contributed by atoms with Gasteiger partial charge >= 0.3 is 12.1 Å². The summed E-state index contributed by atoms with van der Waals surface area (Å²) in [5, 5.41) is 16.2. The first-order valence-corrected chi connectivity index (χ1v) is 12.1. The van der Waals surface area contributed by atoms with Gasteiger partial charge in [0.15, 0.2) is 11.5 Å². The van der Waals surface area contributed by atoms with Gasteiger partial charge in [0.1, 0.15) is 6.04 Å². The maximum atomic E-state index is 13.8. The molecule has 1 amide bonds. The number of anilines is 1. The highest BCUT2D eigenvalue weighted by molar-refractivity contribution is 6.00. The van der Waals surface area contributed by atoms with Crippen molar-refractivity contribution in [3.8, 4) is 5.69 Å². The molecule has 12 heteroatoms. The van der Waals surface area contributed by atoms with Crippen LogP contribution in [0, 0.1) is 11.3 Å². The maximum absolute atomic E-state index is 13.8. The van der Waals surface area contributed by atoms with Crippen molar-refractivity contribution < 1.29 is 32.7 Å². The molecule has 9 nitrogen and oxygen atoms in total. The van der Waals surface area contributed by atoms with Crippen LogP contribution < -0.4 is 16.8 Å². The van der Waals surface area contributed by atoms with E-state index in [2.05, 4.69) is 10.4 Å². The van der Waals surface area contributed by atoms with Crippen LogP contribution in [0.2, 0.25) is 0 Å². The number of hydrogen-bond donors (Lipinski definition) is 4. The Balaban J connectivity index is 1.70. The minimum Gasteiger partial charge on any atom is -0.480 e. The summed E-state index contributed by atoms with van der Waals surface area (Å²) in [4.78, 5) is 36.0. The van der Waals surface area contributed by atoms with Crippen LogP contribution in [0.1, 0.15) is 78.1 Å². The smallest absolute Gasteiger partial charge is 0.435 e. The summed E-state index contributed by atoms with van der Waals surface area (Å²) in [6.45, 7) is 3.63. The van der Waals surface area contributed by atoms with E-state index in [9.17, 15) is 27.6 Å². The zero-order chi connectivity index (χ0) is 27.3. The van der Waals surface area contributed by atoms with Gasteiger partial charge in [-0.25, -0.2) is 4.68 Å². The summed E-state index contributed by atoms with van der Waals surface area (Å²) >= 11 is 0. The molecular weight excluding hydrogens is 491 g/mol. The number of carbonyl (C=O) groups is 3. The van der Waals surface area contributed by atoms with Gasteiger partial charge in [0.25, 0.3) is 5.91 Å². The van der Waals surface area contributed by atoms with E-state index in [0.717, 1.165) is 4.68 Å². The summed E-state index contributed by atoms with van der Waals surface area (Å²) in [6, 6.07) is 3.31. The number of rotatable bonds is 6. The standard InChI is InChI=1S/C25H30F3N5O4/c1-24(2)10-17-19(18(34)11-24)21(25(26,27)28)32-33(17)14-7-8-15(22(30)35)16(9-14)31-13-5-3-12(4-6-13)20(29)23(36)37/h7-9,12-13,20,31H,3-6,10-11,29H2,1-2H3,(H2,30,35)(H,36,37)/t12-,13-,20?. The number of primary amides is 1. The molecule has 2 aromatic rings. The van der Waals surface area contributed by atoms with Crippen LogP contribution in [0.4, 0.5) is 18.9 Å². The molecular formula is C25H30F3N5O4. The number of ketones is 1. The number of nitrogens with one attached hydrogen (secondary N) is 1. The molecule has 1 heterocycles. The van der Waals surface area contributed by atoms with Gasteiger partial charge in [-0.2, -0.15) is 18.3 Å². The van der Waals surface area contributed by atoms with Crippen molar-refractivity contribution in [1.29, 1.82) is 0 Å². The molecule has 0 radical (unpaired) electrons. The number of hydrogen-bond acceptors (Lipinski definition) is 6. The van der Waals surface area contributed by atoms with E-state index in [4.69, 9.17) is 16.6 Å². The Morgan fingerprint density at radius 2 is 1.84 bits per heavy atom. The highest BCUT2D eigenvalue weighted by Crippen LogP contribution is 2.42. The molecule has 0 aliphatic heterocycles. The van der Waals surface area contributed by atoms with Gasteiger partial charge in [-0.05, 0) is 61.6 Å². The molecule has 37 heavy (non-hydrogen) atoms. The second kappa shape index (κ2) is 9.47. The van der Waals surface area contributed by atoms with Crippen molar-refractivity contribution in [2.24, 2.45) is 22.8 Å². The van der Waals surface area contributed by atoms with Crippen LogP contribution in [0.25, 0.3) is 5.69 Å². The first-order valence-electron chi connectivity index (χ1n) is 12.1. The number of nitrogens with zero attached hydrogens (tertiary/aromatic N) is 2. The fraction of sp³-hybridized carbons (Fsp3) is 0.520. The number of Topliss-reactive ketones (excluding diaryl/α,β-unsaturated/α-hetero) is 1. The van der Waals surface area contributed by atoms with Crippen molar-refractivity contribution in [3.05, 3.63) is 40.7 Å². The van der Waals surface area contributed by atoms with Crippen LogP contribution >= 0.6 is 0 Å². The fourth-order valence-electron chi connectivity index (χ4n) is 5.40. The van der Waals surface area contributed by atoms with Gasteiger partial charge in [0.2, 0.25) is 0 Å². The quantitative estimate of drug-likeness (QED) is 0.454. The lowest BCUT2D eigenvalue weighted by atomic mass is 9.75. The number of benzene rings is 1. The predicted molar refractivity (Wildman–Crippen MR) is 128 cm³/mol. The van der Waals surface area contributed by atoms with Gasteiger partial charge in [0, 0.05) is 18.2 Å². The lowest BCUT2D eigenvalue weighted by molar-refractivity contribution is -0.142. The van der Waals surface area contributed by atoms with E-state index >= 15 is 0 Å². The van der Waals surface area contributed by atoms with Gasteiger partial charge < -0.3 is 21.9 Å². The Morgan fingerprint density at radius 1 is 1.19 bits per heavy atom. The second-order valence-corrected chi connectivity index (χ2v) is 10.7. The molecule has 1 saturated carbocycles. The number of carboxylic acid groups (broad SMARTS) is 1. The number of aliphatic carboxylic acids is 1. The summed E-state index contributed by atoms with van der Waals surface area (Å²) in [5.41, 5.74) is 10.1. The van der Waals surface area contributed by atoms with Gasteiger partial charge in [0.05, 0.1) is 22.5 Å². The van der Waals surface area contributed by atoms with E-state index < -0.39 is 46.6 Å². The van der Waals surface area contributed by atoms with Gasteiger partial charge in [-0.15, -0.1) is 0 Å². The molecule has 1 fully saturated rings. The van der Waals surface area contributed by atoms with E-state index in [1.165, 1.54) is 18.2 Å². The minimum absolute atomic E-state index is 0.0175. The SMILES string of the molecule is CC1(C)CC(=O)c2c(C(F)(F)F)nn(-c3ccc(C(N)=O)c(N[C@H]4CC[C@H](C(N)C(=O)O)CC4)c3)c2C1. The average molecular weight is 522 g/mol. The molecule has 6 N–H and O–H groups in total. The van der Waals surface area contributed by atoms with Crippen LogP contribution in [-0.2, 0) is 17.4 Å². The van der Waals surface area contributed by atoms with Crippen LogP contribution in [0.15, 0.2) is 18.2 Å². The highest BCUT2D eigenvalue weighted by atomic mass is 19.4. The molecule has 1 aromatic heterocycles. The Labute approximate surface area is 211 Å². The summed E-state index contributed by atoms with van der Waals surface area (Å²) in [7, 11) is 0. The number of carbonyl (C=O) groups excluding carboxylic acids is 2. The van der Waals surface area contributed by atoms with Crippen LogP contribution in [-0.4, -0.2) is 44.6 Å². The number of halogens is 3.